The van der Waals surface area contributed by atoms with Crippen molar-refractivity contribution in [2.45, 2.75) is 44.2 Å². The topological polar surface area (TPSA) is 99.8 Å². The van der Waals surface area contributed by atoms with Crippen molar-refractivity contribution in [1.29, 1.82) is 0 Å². The highest BCUT2D eigenvalue weighted by molar-refractivity contribution is 5.91. The second-order valence-corrected chi connectivity index (χ2v) is 8.21. The Morgan fingerprint density at radius 2 is 2.00 bits per heavy atom. The molecule has 4 rings (SSSR count). The number of carbonyl (C=O) groups is 1. The van der Waals surface area contributed by atoms with E-state index in [0.29, 0.717) is 43.4 Å². The number of nitrogens with one attached hydrogen (secondary N) is 1. The molecule has 1 unspecified atom stereocenters. The molecule has 0 radical (unpaired) electrons. The highest BCUT2D eigenvalue weighted by atomic mass is 16.5. The van der Waals surface area contributed by atoms with Crippen LogP contribution < -0.4 is 20.5 Å². The number of rotatable bonds is 8. The van der Waals surface area contributed by atoms with E-state index in [-0.39, 0.29) is 23.7 Å². The quantitative estimate of drug-likeness (QED) is 0.670. The van der Waals surface area contributed by atoms with Crippen LogP contribution in [-0.2, 0) is 11.3 Å². The number of benzene rings is 1. The average molecular weight is 446 g/mol. The Morgan fingerprint density at radius 1 is 1.19 bits per heavy atom. The zero-order valence-electron chi connectivity index (χ0n) is 18.9. The zero-order chi connectivity index (χ0) is 22.7. The number of para-hydroxylation sites is 1. The number of ether oxygens (including phenoxy) is 3. The van der Waals surface area contributed by atoms with E-state index in [1.165, 1.54) is 4.68 Å². The fraction of sp³-hybridized carbons (Fsp3) is 0.591. The molecule has 2 heterocycles. The number of likely N-dealkylation sites (tertiary alicyclic amines) is 1. The van der Waals surface area contributed by atoms with E-state index in [9.17, 15) is 9.59 Å². The first-order valence-electron chi connectivity index (χ1n) is 11.0. The molecule has 2 aliphatic rings. The predicted octanol–water partition coefficient (Wildman–Crippen LogP) is 2.45. The number of amides is 2. The lowest BCUT2D eigenvalue weighted by molar-refractivity contribution is 0.181. The number of hydrogen-bond donors (Lipinski definition) is 1. The Hall–Kier alpha value is -3.01. The van der Waals surface area contributed by atoms with Crippen LogP contribution in [0.1, 0.15) is 43.5 Å². The lowest BCUT2D eigenvalue weighted by atomic mass is 9.97. The molecule has 2 aromatic rings. The Kier molecular flexibility index (Phi) is 6.69. The number of piperidine rings is 1. The maximum Gasteiger partial charge on any atom is 0.346 e. The molecule has 32 heavy (non-hydrogen) atoms. The molecule has 0 spiro atoms. The molecule has 1 saturated heterocycles. The summed E-state index contributed by atoms with van der Waals surface area (Å²) >= 11 is 0. The lowest BCUT2D eigenvalue weighted by Gasteiger charge is -2.32. The van der Waals surface area contributed by atoms with Gasteiger partial charge in [0.25, 0.3) is 0 Å². The Bertz CT molecular complexity index is 1010. The van der Waals surface area contributed by atoms with Crippen LogP contribution >= 0.6 is 0 Å². The molecule has 2 fully saturated rings. The van der Waals surface area contributed by atoms with Gasteiger partial charge in [-0.05, 0) is 37.8 Å². The van der Waals surface area contributed by atoms with Crippen LogP contribution in [-0.4, -0.2) is 66.3 Å². The molecule has 1 N–H and O–H groups in total. The summed E-state index contributed by atoms with van der Waals surface area (Å²) in [7, 11) is 4.71. The van der Waals surface area contributed by atoms with Crippen molar-refractivity contribution in [3.8, 4) is 11.5 Å². The van der Waals surface area contributed by atoms with Crippen molar-refractivity contribution in [2.75, 3.05) is 46.3 Å². The minimum Gasteiger partial charge on any atom is -0.493 e. The van der Waals surface area contributed by atoms with Gasteiger partial charge in [0, 0.05) is 32.2 Å². The maximum atomic E-state index is 13.1. The van der Waals surface area contributed by atoms with Gasteiger partial charge in [-0.2, -0.15) is 5.10 Å². The number of carbonyl (C=O) groups excluding carboxylic acids is 1. The Labute approximate surface area is 187 Å². The fourth-order valence-electron chi connectivity index (χ4n) is 4.27. The molecule has 1 aliphatic carbocycles. The number of urea groups is 1. The molecule has 1 saturated carbocycles. The number of aromatic nitrogens is 3. The van der Waals surface area contributed by atoms with Crippen LogP contribution in [0.5, 0.6) is 11.5 Å². The molecule has 1 atom stereocenters. The van der Waals surface area contributed by atoms with Crippen LogP contribution in [0, 0.1) is 0 Å². The van der Waals surface area contributed by atoms with E-state index in [1.807, 2.05) is 4.57 Å². The van der Waals surface area contributed by atoms with Gasteiger partial charge in [0.05, 0.1) is 33.1 Å². The third-order valence-corrected chi connectivity index (χ3v) is 6.03. The van der Waals surface area contributed by atoms with Gasteiger partial charge in [0.2, 0.25) is 0 Å². The first-order chi connectivity index (χ1) is 15.6. The summed E-state index contributed by atoms with van der Waals surface area (Å²) in [4.78, 5) is 27.7. The van der Waals surface area contributed by atoms with Crippen molar-refractivity contribution in [2.24, 2.45) is 0 Å². The van der Waals surface area contributed by atoms with Crippen molar-refractivity contribution >= 4 is 11.7 Å². The summed E-state index contributed by atoms with van der Waals surface area (Å²) in [5, 5.41) is 7.60. The van der Waals surface area contributed by atoms with Gasteiger partial charge >= 0.3 is 11.7 Å². The molecular weight excluding hydrogens is 414 g/mol. The molecule has 10 nitrogen and oxygen atoms in total. The second-order valence-electron chi connectivity index (χ2n) is 8.21. The summed E-state index contributed by atoms with van der Waals surface area (Å²) in [5.74, 6) is 1.83. The highest BCUT2D eigenvalue weighted by Crippen LogP contribution is 2.38. The van der Waals surface area contributed by atoms with Crippen LogP contribution in [0.4, 0.5) is 10.5 Å². The van der Waals surface area contributed by atoms with E-state index in [0.717, 1.165) is 31.5 Å². The van der Waals surface area contributed by atoms with Crippen LogP contribution in [0.15, 0.2) is 23.0 Å². The van der Waals surface area contributed by atoms with Gasteiger partial charge in [0.1, 0.15) is 5.82 Å². The third kappa shape index (κ3) is 4.45. The minimum atomic E-state index is -0.208. The first-order valence-corrected chi connectivity index (χ1v) is 11.0. The van der Waals surface area contributed by atoms with Crippen LogP contribution in [0.25, 0.3) is 0 Å². The summed E-state index contributed by atoms with van der Waals surface area (Å²) in [6.45, 7) is 2.01. The molecule has 1 aliphatic heterocycles. The third-order valence-electron chi connectivity index (χ3n) is 6.03. The Balaban J connectivity index is 1.52. The highest BCUT2D eigenvalue weighted by Gasteiger charge is 2.35. The number of nitrogens with zero attached hydrogens (tertiary/aromatic N) is 4. The number of methoxy groups -OCH3 is 3. The zero-order valence-corrected chi connectivity index (χ0v) is 18.9. The van der Waals surface area contributed by atoms with E-state index < -0.39 is 0 Å². The maximum absolute atomic E-state index is 13.1. The molecule has 174 valence electrons. The standard InChI is InChI=1S/C22H31N5O5/c1-30-13-12-26-22(29)27(16-9-10-16)20(24-26)15-6-5-11-25(14-15)21(28)23-17-7-4-8-18(31-2)19(17)32-3/h4,7-8,15-16H,5-6,9-14H2,1-3H3,(H,23,28). The largest absolute Gasteiger partial charge is 0.493 e. The van der Waals surface area contributed by atoms with E-state index in [2.05, 4.69) is 10.4 Å². The molecule has 0 bridgehead atoms. The van der Waals surface area contributed by atoms with Crippen LogP contribution in [0.3, 0.4) is 0 Å². The predicted molar refractivity (Wildman–Crippen MR) is 119 cm³/mol. The summed E-state index contributed by atoms with van der Waals surface area (Å²) < 4.78 is 19.2. The minimum absolute atomic E-state index is 0.0128. The van der Waals surface area contributed by atoms with Gasteiger partial charge in [-0.15, -0.1) is 0 Å². The molecule has 10 heteroatoms. The first kappa shape index (κ1) is 22.2. The van der Waals surface area contributed by atoms with E-state index >= 15 is 0 Å². The van der Waals surface area contributed by atoms with E-state index in [4.69, 9.17) is 14.2 Å². The number of anilines is 1. The van der Waals surface area contributed by atoms with Gasteiger partial charge in [-0.25, -0.2) is 14.3 Å². The van der Waals surface area contributed by atoms with Gasteiger partial charge < -0.3 is 24.4 Å². The van der Waals surface area contributed by atoms with Gasteiger partial charge in [-0.3, -0.25) is 4.57 Å². The van der Waals surface area contributed by atoms with Crippen molar-refractivity contribution < 1.29 is 19.0 Å². The fourth-order valence-corrected chi connectivity index (χ4v) is 4.27. The normalized spacial score (nSPS) is 18.5. The van der Waals surface area contributed by atoms with Crippen LogP contribution in [0.2, 0.25) is 0 Å². The second kappa shape index (κ2) is 9.64. The molecule has 2 amide bonds. The SMILES string of the molecule is COCCn1nc(C2CCCN(C(=O)Nc3cccc(OC)c3OC)C2)n(C2CC2)c1=O. The smallest absolute Gasteiger partial charge is 0.346 e. The van der Waals surface area contributed by atoms with Crippen molar-refractivity contribution in [1.82, 2.24) is 19.2 Å². The number of hydrogen-bond acceptors (Lipinski definition) is 6. The monoisotopic (exact) mass is 445 g/mol. The molecule has 1 aromatic carbocycles. The van der Waals surface area contributed by atoms with E-state index in [1.54, 1.807) is 44.4 Å². The lowest BCUT2D eigenvalue weighted by Crippen LogP contribution is -2.42. The molecular formula is C22H31N5O5. The van der Waals surface area contributed by atoms with Crippen molar-refractivity contribution in [3.05, 3.63) is 34.5 Å². The summed E-state index contributed by atoms with van der Waals surface area (Å²) in [6.07, 6.45) is 3.72. The Morgan fingerprint density at radius 3 is 2.69 bits per heavy atom. The molecule has 1 aromatic heterocycles. The van der Waals surface area contributed by atoms with Crippen molar-refractivity contribution in [3.63, 3.8) is 0 Å². The van der Waals surface area contributed by atoms with Gasteiger partial charge in [-0.1, -0.05) is 6.07 Å². The average Bonchev–Trinajstić information content (AvgIpc) is 3.60. The summed E-state index contributed by atoms with van der Waals surface area (Å²) in [5.41, 5.74) is 0.472. The summed E-state index contributed by atoms with van der Waals surface area (Å²) in [6, 6.07) is 5.38. The van der Waals surface area contributed by atoms with Gasteiger partial charge in [0.15, 0.2) is 11.5 Å².